The topological polar surface area (TPSA) is 95.0 Å². The maximum absolute atomic E-state index is 12.6. The molecule has 10 heteroatoms. The maximum atomic E-state index is 12.6. The first-order valence-corrected chi connectivity index (χ1v) is 12.0. The van der Waals surface area contributed by atoms with Crippen LogP contribution in [0.5, 0.6) is 0 Å². The second-order valence-corrected chi connectivity index (χ2v) is 9.07. The van der Waals surface area contributed by atoms with Gasteiger partial charge in [-0.15, -0.1) is 10.2 Å². The summed E-state index contributed by atoms with van der Waals surface area (Å²) in [4.78, 5) is 24.9. The van der Waals surface area contributed by atoms with Gasteiger partial charge in [0.15, 0.2) is 11.0 Å². The molecule has 1 amide bonds. The average molecular weight is 478 g/mol. The van der Waals surface area contributed by atoms with Gasteiger partial charge in [0.25, 0.3) is 0 Å². The van der Waals surface area contributed by atoms with Crippen LogP contribution in [0, 0.1) is 0 Å². The molecule has 0 spiro atoms. The fourth-order valence-corrected chi connectivity index (χ4v) is 5.11. The first-order chi connectivity index (χ1) is 16.2. The highest BCUT2D eigenvalue weighted by Gasteiger charge is 2.18. The van der Waals surface area contributed by atoms with E-state index in [0.717, 1.165) is 15.9 Å². The lowest BCUT2D eigenvalue weighted by Crippen LogP contribution is -2.24. The van der Waals surface area contributed by atoms with Gasteiger partial charge < -0.3 is 9.73 Å². The van der Waals surface area contributed by atoms with Crippen molar-refractivity contribution in [2.75, 3.05) is 5.75 Å². The van der Waals surface area contributed by atoms with Crippen molar-refractivity contribution in [3.8, 4) is 5.69 Å². The van der Waals surface area contributed by atoms with Crippen LogP contribution in [0.2, 0.25) is 0 Å². The highest BCUT2D eigenvalue weighted by molar-refractivity contribution is 7.99. The van der Waals surface area contributed by atoms with Crippen molar-refractivity contribution < 1.29 is 9.21 Å². The third kappa shape index (κ3) is 4.62. The maximum Gasteiger partial charge on any atom is 0.308 e. The number of thioether (sulfide) groups is 1. The third-order valence-corrected chi connectivity index (χ3v) is 6.85. The summed E-state index contributed by atoms with van der Waals surface area (Å²) in [5.74, 6) is 1.34. The molecule has 0 aliphatic heterocycles. The Morgan fingerprint density at radius 1 is 1.03 bits per heavy atom. The summed E-state index contributed by atoms with van der Waals surface area (Å²) < 4.78 is 9.76. The molecule has 0 radical (unpaired) electrons. The Balaban J connectivity index is 1.40. The molecule has 0 bridgehead atoms. The number of thiazole rings is 1. The molecule has 3 heterocycles. The van der Waals surface area contributed by atoms with Gasteiger partial charge in [0.2, 0.25) is 5.91 Å². The lowest BCUT2D eigenvalue weighted by Gasteiger charge is -2.11. The van der Waals surface area contributed by atoms with Crippen molar-refractivity contribution in [3.05, 3.63) is 94.2 Å². The molecule has 0 saturated carbocycles. The molecule has 0 atom stereocenters. The van der Waals surface area contributed by atoms with E-state index in [9.17, 15) is 9.59 Å². The molecule has 5 aromatic rings. The van der Waals surface area contributed by atoms with Gasteiger partial charge in [0.05, 0.1) is 35.3 Å². The van der Waals surface area contributed by atoms with Gasteiger partial charge in [-0.2, -0.15) is 0 Å². The van der Waals surface area contributed by atoms with Crippen LogP contribution < -0.4 is 10.2 Å². The van der Waals surface area contributed by atoms with E-state index < -0.39 is 0 Å². The van der Waals surface area contributed by atoms with Crippen LogP contribution >= 0.6 is 23.1 Å². The largest absolute Gasteiger partial charge is 0.467 e. The molecule has 0 unspecified atom stereocenters. The first-order valence-electron chi connectivity index (χ1n) is 10.2. The smallest absolute Gasteiger partial charge is 0.308 e. The third-order valence-electron chi connectivity index (χ3n) is 4.96. The van der Waals surface area contributed by atoms with Gasteiger partial charge in [-0.25, -0.2) is 0 Å². The molecule has 0 aliphatic rings. The summed E-state index contributed by atoms with van der Waals surface area (Å²) in [5.41, 5.74) is 1.73. The second kappa shape index (κ2) is 9.47. The van der Waals surface area contributed by atoms with Crippen molar-refractivity contribution in [2.45, 2.75) is 18.2 Å². The number of nitrogens with zero attached hydrogens (tertiary/aromatic N) is 4. The molecule has 1 N–H and O–H groups in total. The zero-order chi connectivity index (χ0) is 22.6. The minimum absolute atomic E-state index is 0.0506. The van der Waals surface area contributed by atoms with Crippen LogP contribution in [0.3, 0.4) is 0 Å². The summed E-state index contributed by atoms with van der Waals surface area (Å²) in [6.45, 7) is 0.604. The number of aromatic nitrogens is 4. The Morgan fingerprint density at radius 2 is 1.85 bits per heavy atom. The Bertz CT molecular complexity index is 1440. The normalized spacial score (nSPS) is 11.2. The van der Waals surface area contributed by atoms with Crippen LogP contribution in [0.1, 0.15) is 11.6 Å². The van der Waals surface area contributed by atoms with Crippen molar-refractivity contribution in [1.29, 1.82) is 0 Å². The molecular weight excluding hydrogens is 458 g/mol. The minimum Gasteiger partial charge on any atom is -0.467 e. The molecule has 5 rings (SSSR count). The highest BCUT2D eigenvalue weighted by atomic mass is 32.2. The summed E-state index contributed by atoms with van der Waals surface area (Å²) in [5, 5.41) is 12.1. The molecule has 33 heavy (non-hydrogen) atoms. The zero-order valence-corrected chi connectivity index (χ0v) is 19.0. The van der Waals surface area contributed by atoms with Crippen molar-refractivity contribution in [1.82, 2.24) is 24.6 Å². The Labute approximate surface area is 196 Å². The van der Waals surface area contributed by atoms with Gasteiger partial charge in [0.1, 0.15) is 5.76 Å². The van der Waals surface area contributed by atoms with E-state index in [1.54, 1.807) is 16.9 Å². The SMILES string of the molecule is O=C(CSc1nnc(Cn2c(=O)sc3ccccc32)n1-c1ccccc1)NCc1ccco1. The molecule has 166 valence electrons. The first kappa shape index (κ1) is 21.2. The number of nitrogens with one attached hydrogen (secondary N) is 1. The molecular formula is C23H19N5O3S2. The summed E-state index contributed by atoms with van der Waals surface area (Å²) >= 11 is 2.50. The number of fused-ring (bicyclic) bond motifs is 1. The minimum atomic E-state index is -0.138. The predicted molar refractivity (Wildman–Crippen MR) is 128 cm³/mol. The van der Waals surface area contributed by atoms with Crippen LogP contribution in [0.15, 0.2) is 87.4 Å². The van der Waals surface area contributed by atoms with E-state index in [2.05, 4.69) is 15.5 Å². The molecule has 2 aromatic carbocycles. The van der Waals surface area contributed by atoms with Gasteiger partial charge in [-0.05, 0) is 36.4 Å². The van der Waals surface area contributed by atoms with Crippen LogP contribution in [-0.4, -0.2) is 31.0 Å². The number of hydrogen-bond acceptors (Lipinski definition) is 7. The Kier molecular flexibility index (Phi) is 6.09. The van der Waals surface area contributed by atoms with Gasteiger partial charge in [-0.1, -0.05) is 53.4 Å². The number of furan rings is 1. The lowest BCUT2D eigenvalue weighted by atomic mass is 10.3. The fraction of sp³-hybridized carbons (Fsp3) is 0.130. The number of carbonyl (C=O) groups is 1. The summed E-state index contributed by atoms with van der Waals surface area (Å²) in [6.07, 6.45) is 1.57. The molecule has 0 aliphatic carbocycles. The van der Waals surface area contributed by atoms with Crippen molar-refractivity contribution >= 4 is 39.2 Å². The summed E-state index contributed by atoms with van der Waals surface area (Å²) in [6, 6.07) is 21.0. The molecule has 8 nitrogen and oxygen atoms in total. The second-order valence-electron chi connectivity index (χ2n) is 7.14. The number of benzene rings is 2. The fourth-order valence-electron chi connectivity index (χ4n) is 3.42. The van der Waals surface area contributed by atoms with E-state index >= 15 is 0 Å². The standard InChI is InChI=1S/C23H19N5O3S2/c29-21(24-13-17-9-6-12-31-17)15-32-22-26-25-20(28(22)16-7-2-1-3-8-16)14-27-18-10-4-5-11-19(18)33-23(27)30/h1-12H,13-15H2,(H,24,29). The van der Waals surface area contributed by atoms with E-state index in [4.69, 9.17) is 4.42 Å². The number of para-hydroxylation sites is 2. The monoisotopic (exact) mass is 477 g/mol. The molecule has 0 saturated heterocycles. The number of amides is 1. The van der Waals surface area contributed by atoms with Crippen molar-refractivity contribution in [3.63, 3.8) is 0 Å². The van der Waals surface area contributed by atoms with Crippen LogP contribution in [-0.2, 0) is 17.9 Å². The van der Waals surface area contributed by atoms with Gasteiger partial charge in [-0.3, -0.25) is 18.7 Å². The van der Waals surface area contributed by atoms with Crippen LogP contribution in [0.25, 0.3) is 15.9 Å². The average Bonchev–Trinajstić information content (AvgIpc) is 3.57. The Hall–Kier alpha value is -3.63. The van der Waals surface area contributed by atoms with Crippen molar-refractivity contribution in [2.24, 2.45) is 0 Å². The highest BCUT2D eigenvalue weighted by Crippen LogP contribution is 2.24. The number of hydrogen-bond donors (Lipinski definition) is 1. The van der Waals surface area contributed by atoms with E-state index in [1.807, 2.05) is 65.2 Å². The molecule has 3 aromatic heterocycles. The number of carbonyl (C=O) groups excluding carboxylic acids is 1. The van der Waals surface area contributed by atoms with E-state index in [0.29, 0.717) is 23.3 Å². The summed E-state index contributed by atoms with van der Waals surface area (Å²) in [7, 11) is 0. The Morgan fingerprint density at radius 3 is 2.67 bits per heavy atom. The molecule has 0 fully saturated rings. The predicted octanol–water partition coefficient (Wildman–Crippen LogP) is 3.69. The van der Waals surface area contributed by atoms with E-state index in [1.165, 1.54) is 23.1 Å². The number of rotatable bonds is 8. The van der Waals surface area contributed by atoms with Crippen LogP contribution in [0.4, 0.5) is 0 Å². The van der Waals surface area contributed by atoms with Gasteiger partial charge in [0, 0.05) is 5.69 Å². The van der Waals surface area contributed by atoms with E-state index in [-0.39, 0.29) is 23.1 Å². The van der Waals surface area contributed by atoms with Gasteiger partial charge >= 0.3 is 4.87 Å². The lowest BCUT2D eigenvalue weighted by molar-refractivity contribution is -0.118. The zero-order valence-electron chi connectivity index (χ0n) is 17.4. The quantitative estimate of drug-likeness (QED) is 0.343.